The van der Waals surface area contributed by atoms with E-state index in [0.29, 0.717) is 0 Å². The van der Waals surface area contributed by atoms with Gasteiger partial charge in [-0.1, -0.05) is 0 Å². The van der Waals surface area contributed by atoms with Gasteiger partial charge in [0, 0.05) is 0 Å². The summed E-state index contributed by atoms with van der Waals surface area (Å²) in [5.41, 5.74) is 2.81. The smallest absolute Gasteiger partial charge is 0.383 e. The standard InChI is InChI=1S/C7H4BrF5N2/c8-4-2(7(11,12)13)1-3(5(9)10)15-6(4)14/h1,5H,(H2,14,15). The number of nitrogens with two attached hydrogens (primary N) is 1. The third-order valence-corrected chi connectivity index (χ3v) is 2.37. The van der Waals surface area contributed by atoms with Gasteiger partial charge in [0.15, 0.2) is 0 Å². The van der Waals surface area contributed by atoms with Crippen LogP contribution >= 0.6 is 15.9 Å². The molecule has 0 radical (unpaired) electrons. The summed E-state index contributed by atoms with van der Waals surface area (Å²) in [7, 11) is 0. The zero-order valence-corrected chi connectivity index (χ0v) is 8.53. The summed E-state index contributed by atoms with van der Waals surface area (Å²) >= 11 is 2.55. The Labute approximate surface area is 89.4 Å². The highest BCUT2D eigenvalue weighted by Crippen LogP contribution is 2.38. The first-order chi connectivity index (χ1) is 6.73. The third-order valence-electron chi connectivity index (χ3n) is 1.53. The molecule has 0 aliphatic carbocycles. The normalized spacial score (nSPS) is 12.2. The lowest BCUT2D eigenvalue weighted by Gasteiger charge is -2.12. The summed E-state index contributed by atoms with van der Waals surface area (Å²) in [4.78, 5) is 3.13. The highest BCUT2D eigenvalue weighted by Gasteiger charge is 2.35. The molecule has 0 aromatic carbocycles. The van der Waals surface area contributed by atoms with E-state index < -0.39 is 34.1 Å². The Morgan fingerprint density at radius 1 is 1.33 bits per heavy atom. The number of halogens is 6. The fourth-order valence-electron chi connectivity index (χ4n) is 0.888. The maximum Gasteiger partial charge on any atom is 0.417 e. The van der Waals surface area contributed by atoms with E-state index in [2.05, 4.69) is 20.9 Å². The molecule has 0 aliphatic rings. The van der Waals surface area contributed by atoms with Crippen molar-refractivity contribution in [2.45, 2.75) is 12.6 Å². The van der Waals surface area contributed by atoms with E-state index in [9.17, 15) is 22.0 Å². The van der Waals surface area contributed by atoms with Crippen LogP contribution in [0, 0.1) is 0 Å². The lowest BCUT2D eigenvalue weighted by atomic mass is 10.2. The molecule has 0 unspecified atom stereocenters. The molecule has 84 valence electrons. The molecule has 1 aromatic rings. The van der Waals surface area contributed by atoms with Crippen LogP contribution < -0.4 is 5.73 Å². The Balaban J connectivity index is 3.38. The van der Waals surface area contributed by atoms with Gasteiger partial charge in [-0.2, -0.15) is 13.2 Å². The van der Waals surface area contributed by atoms with Gasteiger partial charge in [0.05, 0.1) is 10.0 Å². The average Bonchev–Trinajstić information content (AvgIpc) is 2.06. The number of anilines is 1. The minimum Gasteiger partial charge on any atom is -0.383 e. The van der Waals surface area contributed by atoms with Crippen LogP contribution in [-0.4, -0.2) is 4.98 Å². The maximum absolute atomic E-state index is 12.3. The van der Waals surface area contributed by atoms with Crippen molar-refractivity contribution in [3.63, 3.8) is 0 Å². The molecule has 0 spiro atoms. The predicted octanol–water partition coefficient (Wildman–Crippen LogP) is 3.38. The second-order valence-corrected chi connectivity index (χ2v) is 3.39. The number of hydrogen-bond acceptors (Lipinski definition) is 2. The Bertz CT molecular complexity index is 376. The van der Waals surface area contributed by atoms with Crippen LogP contribution in [-0.2, 0) is 6.18 Å². The molecule has 0 aliphatic heterocycles. The van der Waals surface area contributed by atoms with Crippen LogP contribution in [0.25, 0.3) is 0 Å². The van der Waals surface area contributed by atoms with Gasteiger partial charge < -0.3 is 5.73 Å². The fourth-order valence-corrected chi connectivity index (χ4v) is 1.32. The van der Waals surface area contributed by atoms with E-state index in [1.54, 1.807) is 0 Å². The van der Waals surface area contributed by atoms with Crippen LogP contribution in [0.4, 0.5) is 27.8 Å². The lowest BCUT2D eigenvalue weighted by Crippen LogP contribution is -2.10. The van der Waals surface area contributed by atoms with E-state index >= 15 is 0 Å². The van der Waals surface area contributed by atoms with Gasteiger partial charge in [0.25, 0.3) is 6.43 Å². The summed E-state index contributed by atoms with van der Waals surface area (Å²) in [5.74, 6) is -0.611. The zero-order chi connectivity index (χ0) is 11.8. The summed E-state index contributed by atoms with van der Waals surface area (Å²) in [5, 5.41) is 0. The predicted molar refractivity (Wildman–Crippen MR) is 46.3 cm³/mol. The molecule has 1 aromatic heterocycles. The molecule has 0 fully saturated rings. The summed E-state index contributed by atoms with van der Waals surface area (Å²) < 4.78 is 60.7. The second-order valence-electron chi connectivity index (χ2n) is 2.59. The fraction of sp³-hybridized carbons (Fsp3) is 0.286. The first kappa shape index (κ1) is 12.2. The number of pyridine rings is 1. The highest BCUT2D eigenvalue weighted by molar-refractivity contribution is 9.10. The van der Waals surface area contributed by atoms with E-state index in [1.807, 2.05) is 0 Å². The number of aromatic nitrogens is 1. The average molecular weight is 291 g/mol. The summed E-state index contributed by atoms with van der Waals surface area (Å²) in [6, 6.07) is 0.269. The molecule has 0 saturated carbocycles. The number of rotatable bonds is 1. The van der Waals surface area contributed by atoms with Gasteiger partial charge in [0.1, 0.15) is 11.5 Å². The largest absolute Gasteiger partial charge is 0.417 e. The van der Waals surface area contributed by atoms with E-state index in [1.165, 1.54) is 0 Å². The number of nitrogen functional groups attached to an aromatic ring is 1. The Hall–Kier alpha value is -0.920. The summed E-state index contributed by atoms with van der Waals surface area (Å²) in [6.45, 7) is 0. The molecule has 0 bridgehead atoms. The van der Waals surface area contributed by atoms with Crippen molar-refractivity contribution in [2.75, 3.05) is 5.73 Å². The quantitative estimate of drug-likeness (QED) is 0.805. The Morgan fingerprint density at radius 3 is 2.27 bits per heavy atom. The van der Waals surface area contributed by atoms with Gasteiger partial charge in [-0.25, -0.2) is 13.8 Å². The third kappa shape index (κ3) is 2.55. The SMILES string of the molecule is Nc1nc(C(F)F)cc(C(F)(F)F)c1Br. The monoisotopic (exact) mass is 290 g/mol. The molecule has 0 amide bonds. The van der Waals surface area contributed by atoms with Gasteiger partial charge >= 0.3 is 6.18 Å². The lowest BCUT2D eigenvalue weighted by molar-refractivity contribution is -0.138. The molecule has 2 N–H and O–H groups in total. The van der Waals surface area contributed by atoms with Crippen molar-refractivity contribution in [3.8, 4) is 0 Å². The van der Waals surface area contributed by atoms with Crippen LogP contribution in [0.5, 0.6) is 0 Å². The molecule has 2 nitrogen and oxygen atoms in total. The van der Waals surface area contributed by atoms with Crippen molar-refractivity contribution < 1.29 is 22.0 Å². The molecule has 15 heavy (non-hydrogen) atoms. The van der Waals surface area contributed by atoms with Crippen molar-refractivity contribution in [2.24, 2.45) is 0 Å². The molecular formula is C7H4BrF5N2. The van der Waals surface area contributed by atoms with E-state index in [-0.39, 0.29) is 6.07 Å². The minimum absolute atomic E-state index is 0.269. The Morgan fingerprint density at radius 2 is 1.87 bits per heavy atom. The first-order valence-corrected chi connectivity index (χ1v) is 4.34. The van der Waals surface area contributed by atoms with Crippen LogP contribution in [0.3, 0.4) is 0 Å². The molecular weight excluding hydrogens is 287 g/mol. The van der Waals surface area contributed by atoms with Crippen molar-refractivity contribution in [1.29, 1.82) is 0 Å². The first-order valence-electron chi connectivity index (χ1n) is 3.54. The zero-order valence-electron chi connectivity index (χ0n) is 6.95. The van der Waals surface area contributed by atoms with Gasteiger partial charge in [-0.3, -0.25) is 0 Å². The van der Waals surface area contributed by atoms with Crippen molar-refractivity contribution >= 4 is 21.7 Å². The number of hydrogen-bond donors (Lipinski definition) is 1. The summed E-state index contributed by atoms with van der Waals surface area (Å²) in [6.07, 6.45) is -7.85. The Kier molecular flexibility index (Phi) is 3.17. The molecule has 1 rings (SSSR count). The number of alkyl halides is 5. The minimum atomic E-state index is -4.75. The van der Waals surface area contributed by atoms with Crippen LogP contribution in [0.15, 0.2) is 10.5 Å². The van der Waals surface area contributed by atoms with Gasteiger partial charge in [-0.05, 0) is 22.0 Å². The van der Waals surface area contributed by atoms with Crippen LogP contribution in [0.2, 0.25) is 0 Å². The highest BCUT2D eigenvalue weighted by atomic mass is 79.9. The van der Waals surface area contributed by atoms with E-state index in [0.717, 1.165) is 0 Å². The second kappa shape index (κ2) is 3.92. The molecule has 0 saturated heterocycles. The topological polar surface area (TPSA) is 38.9 Å². The maximum atomic E-state index is 12.3. The van der Waals surface area contributed by atoms with Gasteiger partial charge in [-0.15, -0.1) is 0 Å². The van der Waals surface area contributed by atoms with E-state index in [4.69, 9.17) is 5.73 Å². The molecule has 0 atom stereocenters. The van der Waals surface area contributed by atoms with Crippen molar-refractivity contribution in [1.82, 2.24) is 4.98 Å². The van der Waals surface area contributed by atoms with Crippen molar-refractivity contribution in [3.05, 3.63) is 21.8 Å². The molecule has 1 heterocycles. The molecule has 8 heteroatoms. The number of nitrogens with zero attached hydrogens (tertiary/aromatic N) is 1. The van der Waals surface area contributed by atoms with Crippen LogP contribution in [0.1, 0.15) is 17.7 Å². The van der Waals surface area contributed by atoms with Gasteiger partial charge in [0.2, 0.25) is 0 Å².